The Hall–Kier alpha value is -3.05. The van der Waals surface area contributed by atoms with Crippen LogP contribution in [0.5, 0.6) is 0 Å². The second-order valence-corrected chi connectivity index (χ2v) is 7.08. The zero-order valence-corrected chi connectivity index (χ0v) is 16.1. The van der Waals surface area contributed by atoms with Crippen molar-refractivity contribution in [1.29, 1.82) is 5.26 Å². The van der Waals surface area contributed by atoms with Gasteiger partial charge >= 0.3 is 0 Å². The number of nitrogens with one attached hydrogen (secondary N) is 1. The van der Waals surface area contributed by atoms with Crippen LogP contribution in [0.1, 0.15) is 29.8 Å². The lowest BCUT2D eigenvalue weighted by Crippen LogP contribution is -2.12. The normalized spacial score (nSPS) is 10.6. The third-order valence-electron chi connectivity index (χ3n) is 4.26. The van der Waals surface area contributed by atoms with Gasteiger partial charge in [0.1, 0.15) is 5.01 Å². The minimum Gasteiger partial charge on any atom is -0.301 e. The molecule has 2 heterocycles. The molecule has 0 aliphatic rings. The molecule has 138 valence electrons. The number of nitriles is 1. The second-order valence-electron chi connectivity index (χ2n) is 6.11. The molecule has 3 rings (SSSR count). The zero-order valence-electron chi connectivity index (χ0n) is 15.3. The number of nitrogens with zero attached hydrogens (tertiary/aromatic N) is 5. The van der Waals surface area contributed by atoms with Crippen molar-refractivity contribution in [2.45, 2.75) is 39.7 Å². The molecule has 3 aromatic rings. The van der Waals surface area contributed by atoms with Gasteiger partial charge in [-0.05, 0) is 25.8 Å². The Labute approximate surface area is 161 Å². The summed E-state index contributed by atoms with van der Waals surface area (Å²) in [4.78, 5) is 12.3. The van der Waals surface area contributed by atoms with Gasteiger partial charge in [0, 0.05) is 17.7 Å². The molecule has 0 saturated carbocycles. The predicted octanol–water partition coefficient (Wildman–Crippen LogP) is 3.50. The van der Waals surface area contributed by atoms with E-state index in [1.165, 1.54) is 11.3 Å². The number of aryl methyl sites for hydroxylation is 2. The van der Waals surface area contributed by atoms with Gasteiger partial charge in [0.25, 0.3) is 0 Å². The minimum atomic E-state index is -0.102. The van der Waals surface area contributed by atoms with E-state index in [4.69, 9.17) is 5.26 Å². The molecule has 0 aliphatic carbocycles. The molecule has 0 atom stereocenters. The molecule has 0 unspecified atom stereocenters. The molecule has 1 aromatic carbocycles. The number of benzene rings is 1. The molecular formula is C19H20N6OS. The summed E-state index contributed by atoms with van der Waals surface area (Å²) >= 11 is 1.35. The maximum Gasteiger partial charge on any atom is 0.226 e. The lowest BCUT2D eigenvalue weighted by Gasteiger charge is -2.04. The predicted molar refractivity (Wildman–Crippen MR) is 104 cm³/mol. The van der Waals surface area contributed by atoms with Gasteiger partial charge in [0.05, 0.1) is 24.7 Å². The van der Waals surface area contributed by atoms with Gasteiger partial charge in [0.15, 0.2) is 0 Å². The molecule has 2 aromatic heterocycles. The third-order valence-corrected chi connectivity index (χ3v) is 5.15. The van der Waals surface area contributed by atoms with E-state index in [0.717, 1.165) is 27.5 Å². The van der Waals surface area contributed by atoms with E-state index in [-0.39, 0.29) is 5.91 Å². The average Bonchev–Trinajstić information content (AvgIpc) is 3.24. The van der Waals surface area contributed by atoms with Gasteiger partial charge in [-0.25, -0.2) is 0 Å². The van der Waals surface area contributed by atoms with Gasteiger partial charge < -0.3 is 5.32 Å². The molecule has 1 N–H and O–H groups in total. The van der Waals surface area contributed by atoms with Crippen LogP contribution < -0.4 is 5.32 Å². The largest absolute Gasteiger partial charge is 0.301 e. The second kappa shape index (κ2) is 8.56. The lowest BCUT2D eigenvalue weighted by molar-refractivity contribution is -0.116. The summed E-state index contributed by atoms with van der Waals surface area (Å²) in [6.07, 6.45) is 1.36. The quantitative estimate of drug-likeness (QED) is 0.677. The molecule has 8 heteroatoms. The first-order valence-corrected chi connectivity index (χ1v) is 9.48. The molecule has 0 radical (unpaired) electrons. The molecule has 0 saturated heterocycles. The van der Waals surface area contributed by atoms with Gasteiger partial charge in [-0.2, -0.15) is 10.4 Å². The van der Waals surface area contributed by atoms with Crippen molar-refractivity contribution in [2.24, 2.45) is 0 Å². The van der Waals surface area contributed by atoms with Crippen molar-refractivity contribution in [3.05, 3.63) is 47.3 Å². The van der Waals surface area contributed by atoms with Crippen LogP contribution in [0.25, 0.3) is 10.6 Å². The standard InChI is InChI=1S/C19H20N6OS/c1-13-16(14(2)25(24-13)12-6-11-20)9-10-17(26)21-19-23-22-18(27-19)15-7-4-3-5-8-15/h3-5,7-8H,6,9-10,12H2,1-2H3,(H,21,23,26). The molecule has 27 heavy (non-hydrogen) atoms. The number of anilines is 1. The van der Waals surface area contributed by atoms with Crippen molar-refractivity contribution in [3.63, 3.8) is 0 Å². The summed E-state index contributed by atoms with van der Waals surface area (Å²) in [6.45, 7) is 4.48. The van der Waals surface area contributed by atoms with Gasteiger partial charge in [0.2, 0.25) is 11.0 Å². The summed E-state index contributed by atoms with van der Waals surface area (Å²) < 4.78 is 1.84. The van der Waals surface area contributed by atoms with Crippen LogP contribution in [0.4, 0.5) is 5.13 Å². The fourth-order valence-corrected chi connectivity index (χ4v) is 3.63. The molecule has 0 fully saturated rings. The van der Waals surface area contributed by atoms with E-state index >= 15 is 0 Å². The van der Waals surface area contributed by atoms with Gasteiger partial charge in [-0.15, -0.1) is 10.2 Å². The number of rotatable bonds is 7. The van der Waals surface area contributed by atoms with Crippen molar-refractivity contribution in [2.75, 3.05) is 5.32 Å². The Kier molecular flexibility index (Phi) is 5.94. The average molecular weight is 380 g/mol. The van der Waals surface area contributed by atoms with Crippen molar-refractivity contribution < 1.29 is 4.79 Å². The minimum absolute atomic E-state index is 0.102. The highest BCUT2D eigenvalue weighted by atomic mass is 32.1. The summed E-state index contributed by atoms with van der Waals surface area (Å²) in [6, 6.07) is 11.9. The van der Waals surface area contributed by atoms with Crippen molar-refractivity contribution in [1.82, 2.24) is 20.0 Å². The van der Waals surface area contributed by atoms with E-state index in [1.54, 1.807) is 0 Å². The van der Waals surface area contributed by atoms with Crippen molar-refractivity contribution in [3.8, 4) is 16.6 Å². The van der Waals surface area contributed by atoms with Crippen LogP contribution in [0.2, 0.25) is 0 Å². The summed E-state index contributed by atoms with van der Waals surface area (Å²) in [7, 11) is 0. The molecule has 0 aliphatic heterocycles. The van der Waals surface area contributed by atoms with Crippen LogP contribution in [0.3, 0.4) is 0 Å². The van der Waals surface area contributed by atoms with Crippen LogP contribution in [-0.2, 0) is 17.8 Å². The monoisotopic (exact) mass is 380 g/mol. The molecule has 7 nitrogen and oxygen atoms in total. The summed E-state index contributed by atoms with van der Waals surface area (Å²) in [5, 5.41) is 25.5. The number of carbonyl (C=O) groups excluding carboxylic acids is 1. The maximum absolute atomic E-state index is 12.3. The Morgan fingerprint density at radius 2 is 2.04 bits per heavy atom. The Morgan fingerprint density at radius 3 is 2.78 bits per heavy atom. The third kappa shape index (κ3) is 4.57. The SMILES string of the molecule is Cc1nn(CCC#N)c(C)c1CCC(=O)Nc1nnc(-c2ccccc2)s1. The smallest absolute Gasteiger partial charge is 0.226 e. The van der Waals surface area contributed by atoms with E-state index in [1.807, 2.05) is 48.9 Å². The first kappa shape index (κ1) is 18.7. The Bertz CT molecular complexity index is 970. The van der Waals surface area contributed by atoms with Crippen LogP contribution in [-0.4, -0.2) is 25.9 Å². The molecule has 0 spiro atoms. The van der Waals surface area contributed by atoms with E-state index in [2.05, 4.69) is 26.7 Å². The first-order chi connectivity index (χ1) is 13.1. The fourth-order valence-electron chi connectivity index (χ4n) is 2.86. The number of hydrogen-bond donors (Lipinski definition) is 1. The number of carbonyl (C=O) groups is 1. The topological polar surface area (TPSA) is 96.5 Å². The highest BCUT2D eigenvalue weighted by molar-refractivity contribution is 7.18. The first-order valence-electron chi connectivity index (χ1n) is 8.67. The van der Waals surface area contributed by atoms with Crippen LogP contribution in [0.15, 0.2) is 30.3 Å². The summed E-state index contributed by atoms with van der Waals surface area (Å²) in [5.41, 5.74) is 3.95. The highest BCUT2D eigenvalue weighted by Gasteiger charge is 2.14. The molecule has 0 bridgehead atoms. The number of aromatic nitrogens is 4. The van der Waals surface area contributed by atoms with E-state index in [0.29, 0.717) is 30.9 Å². The number of hydrogen-bond acceptors (Lipinski definition) is 6. The molecular weight excluding hydrogens is 360 g/mol. The van der Waals surface area contributed by atoms with Crippen molar-refractivity contribution >= 4 is 22.4 Å². The zero-order chi connectivity index (χ0) is 19.2. The highest BCUT2D eigenvalue weighted by Crippen LogP contribution is 2.26. The van der Waals surface area contributed by atoms with E-state index < -0.39 is 0 Å². The maximum atomic E-state index is 12.3. The Morgan fingerprint density at radius 1 is 1.26 bits per heavy atom. The molecule has 1 amide bonds. The lowest BCUT2D eigenvalue weighted by atomic mass is 10.1. The summed E-state index contributed by atoms with van der Waals surface area (Å²) in [5.74, 6) is -0.102. The van der Waals surface area contributed by atoms with E-state index in [9.17, 15) is 4.79 Å². The van der Waals surface area contributed by atoms with Crippen LogP contribution >= 0.6 is 11.3 Å². The Balaban J connectivity index is 1.59. The van der Waals surface area contributed by atoms with Crippen LogP contribution in [0, 0.1) is 25.2 Å². The van der Waals surface area contributed by atoms with Gasteiger partial charge in [-0.3, -0.25) is 9.48 Å². The van der Waals surface area contributed by atoms with Gasteiger partial charge in [-0.1, -0.05) is 41.7 Å². The fraction of sp³-hybridized carbons (Fsp3) is 0.316. The number of amides is 1.